The van der Waals surface area contributed by atoms with Crippen LogP contribution in [0.5, 0.6) is 5.75 Å². The van der Waals surface area contributed by atoms with Gasteiger partial charge in [-0.05, 0) is 38.3 Å². The Balaban J connectivity index is 1.83. The highest BCUT2D eigenvalue weighted by Crippen LogP contribution is 2.29. The maximum Gasteiger partial charge on any atom is 0.271 e. The second kappa shape index (κ2) is 8.00. The van der Waals surface area contributed by atoms with Crippen molar-refractivity contribution in [2.75, 3.05) is 7.05 Å². The first kappa shape index (κ1) is 19.2. The van der Waals surface area contributed by atoms with Gasteiger partial charge in [-0.1, -0.05) is 17.7 Å². The Hall–Kier alpha value is -2.54. The third-order valence-electron chi connectivity index (χ3n) is 4.62. The number of H-pyrrole nitrogens is 1. The van der Waals surface area contributed by atoms with Crippen molar-refractivity contribution in [2.45, 2.75) is 38.3 Å². The van der Waals surface area contributed by atoms with Gasteiger partial charge in [-0.25, -0.2) is 4.39 Å². The molecule has 1 aliphatic carbocycles. The number of carbonyl (C=O) groups excluding carboxylic acids is 2. The van der Waals surface area contributed by atoms with Crippen LogP contribution in [-0.2, 0) is 0 Å². The number of hydrogen-bond donors (Lipinski definition) is 3. The molecular formula is C19H21ClFN3O3. The zero-order valence-corrected chi connectivity index (χ0v) is 15.8. The highest BCUT2D eigenvalue weighted by atomic mass is 35.5. The maximum atomic E-state index is 14.1. The Morgan fingerprint density at radius 1 is 1.30 bits per heavy atom. The lowest BCUT2D eigenvalue weighted by Gasteiger charge is -2.25. The largest absolute Gasteiger partial charge is 0.483 e. The van der Waals surface area contributed by atoms with E-state index in [1.54, 1.807) is 13.0 Å². The molecule has 1 heterocycles. The van der Waals surface area contributed by atoms with Gasteiger partial charge in [0.15, 0.2) is 5.75 Å². The first-order chi connectivity index (χ1) is 12.9. The molecule has 1 aliphatic rings. The molecule has 0 unspecified atom stereocenters. The summed E-state index contributed by atoms with van der Waals surface area (Å²) in [5.74, 6) is -1.06. The molecule has 0 saturated heterocycles. The van der Waals surface area contributed by atoms with Crippen LogP contribution in [-0.4, -0.2) is 29.9 Å². The number of rotatable bonds is 6. The zero-order valence-electron chi connectivity index (χ0n) is 15.1. The molecule has 1 aromatic carbocycles. The molecule has 1 saturated carbocycles. The minimum absolute atomic E-state index is 0.109. The molecule has 3 rings (SSSR count). The van der Waals surface area contributed by atoms with Gasteiger partial charge in [0, 0.05) is 29.7 Å². The fourth-order valence-electron chi connectivity index (χ4n) is 2.85. The van der Waals surface area contributed by atoms with Gasteiger partial charge < -0.3 is 20.4 Å². The van der Waals surface area contributed by atoms with Crippen molar-refractivity contribution in [3.05, 3.63) is 52.1 Å². The predicted molar refractivity (Wildman–Crippen MR) is 99.7 cm³/mol. The Morgan fingerprint density at radius 3 is 2.63 bits per heavy atom. The van der Waals surface area contributed by atoms with Gasteiger partial charge in [-0.3, -0.25) is 9.59 Å². The number of halogens is 2. The topological polar surface area (TPSA) is 83.2 Å². The molecular weight excluding hydrogens is 373 g/mol. The van der Waals surface area contributed by atoms with E-state index in [9.17, 15) is 14.0 Å². The van der Waals surface area contributed by atoms with Gasteiger partial charge in [0.25, 0.3) is 11.8 Å². The molecule has 2 amide bonds. The van der Waals surface area contributed by atoms with Crippen LogP contribution < -0.4 is 15.4 Å². The molecule has 1 fully saturated rings. The van der Waals surface area contributed by atoms with E-state index in [1.807, 2.05) is 0 Å². The van der Waals surface area contributed by atoms with E-state index in [0.717, 1.165) is 19.3 Å². The average Bonchev–Trinajstić information content (AvgIpc) is 3.01. The maximum absolute atomic E-state index is 14.1. The standard InChI is InChI=1S/C19H21ClFN3O3/c1-10(13-7-6-11(20)8-14(13)21)27-16-9-15(24-17(16)19(26)22-2)18(25)23-12-4-3-5-12/h6-10,12,24H,3-5H2,1-2H3,(H,22,26)(H,23,25)/t10-/m1/s1. The van der Waals surface area contributed by atoms with Crippen LogP contribution in [0.1, 0.15) is 58.8 Å². The summed E-state index contributed by atoms with van der Waals surface area (Å²) in [6, 6.07) is 5.91. The number of carbonyl (C=O) groups is 2. The lowest BCUT2D eigenvalue weighted by Crippen LogP contribution is -2.39. The molecule has 0 bridgehead atoms. The Bertz CT molecular complexity index is 864. The van der Waals surface area contributed by atoms with E-state index in [-0.39, 0.29) is 34.1 Å². The third-order valence-corrected chi connectivity index (χ3v) is 4.86. The molecule has 0 radical (unpaired) electrons. The fourth-order valence-corrected chi connectivity index (χ4v) is 3.00. The minimum atomic E-state index is -0.691. The highest BCUT2D eigenvalue weighted by Gasteiger charge is 2.25. The van der Waals surface area contributed by atoms with Gasteiger partial charge in [0.2, 0.25) is 0 Å². The summed E-state index contributed by atoms with van der Waals surface area (Å²) in [6.07, 6.45) is 2.30. The second-order valence-electron chi connectivity index (χ2n) is 6.53. The lowest BCUT2D eigenvalue weighted by molar-refractivity contribution is 0.0912. The number of nitrogens with one attached hydrogen (secondary N) is 3. The molecule has 1 aromatic heterocycles. The van der Waals surface area contributed by atoms with Crippen LogP contribution >= 0.6 is 11.6 Å². The van der Waals surface area contributed by atoms with Crippen LogP contribution in [0.25, 0.3) is 0 Å². The molecule has 27 heavy (non-hydrogen) atoms. The van der Waals surface area contributed by atoms with E-state index < -0.39 is 17.8 Å². The SMILES string of the molecule is CNC(=O)c1[nH]c(C(=O)NC2CCC2)cc1O[C@H](C)c1ccc(Cl)cc1F. The molecule has 0 aliphatic heterocycles. The Kier molecular flexibility index (Phi) is 5.70. The summed E-state index contributed by atoms with van der Waals surface area (Å²) in [6.45, 7) is 1.65. The van der Waals surface area contributed by atoms with Crippen molar-refractivity contribution in [3.8, 4) is 5.75 Å². The van der Waals surface area contributed by atoms with Gasteiger partial charge in [0.05, 0.1) is 0 Å². The number of hydrogen-bond acceptors (Lipinski definition) is 3. The summed E-state index contributed by atoms with van der Waals surface area (Å²) in [5, 5.41) is 5.68. The first-order valence-corrected chi connectivity index (χ1v) is 9.14. The van der Waals surface area contributed by atoms with E-state index >= 15 is 0 Å². The van der Waals surface area contributed by atoms with Crippen LogP contribution in [0.4, 0.5) is 4.39 Å². The zero-order chi connectivity index (χ0) is 19.6. The molecule has 1 atom stereocenters. The van der Waals surface area contributed by atoms with Crippen LogP contribution in [0.15, 0.2) is 24.3 Å². The van der Waals surface area contributed by atoms with Crippen molar-refractivity contribution in [2.24, 2.45) is 0 Å². The predicted octanol–water partition coefficient (Wildman–Crippen LogP) is 3.59. The summed E-state index contributed by atoms with van der Waals surface area (Å²) in [7, 11) is 1.48. The smallest absolute Gasteiger partial charge is 0.271 e. The Morgan fingerprint density at radius 2 is 2.04 bits per heavy atom. The molecule has 0 spiro atoms. The monoisotopic (exact) mass is 393 g/mol. The summed E-state index contributed by atoms with van der Waals surface area (Å²) in [5.41, 5.74) is 0.626. The number of aromatic amines is 1. The normalized spacial score (nSPS) is 15.0. The highest BCUT2D eigenvalue weighted by molar-refractivity contribution is 6.30. The molecule has 6 nitrogen and oxygen atoms in total. The van der Waals surface area contributed by atoms with E-state index in [0.29, 0.717) is 5.56 Å². The molecule has 2 aromatic rings. The summed E-state index contributed by atoms with van der Waals surface area (Å²) in [4.78, 5) is 27.3. The van der Waals surface area contributed by atoms with Gasteiger partial charge in [-0.15, -0.1) is 0 Å². The molecule has 3 N–H and O–H groups in total. The fraction of sp³-hybridized carbons (Fsp3) is 0.368. The molecule has 144 valence electrons. The van der Waals surface area contributed by atoms with Crippen molar-refractivity contribution in [1.29, 1.82) is 0 Å². The second-order valence-corrected chi connectivity index (χ2v) is 6.97. The number of amides is 2. The van der Waals surface area contributed by atoms with Crippen molar-refractivity contribution in [1.82, 2.24) is 15.6 Å². The molecule has 8 heteroatoms. The van der Waals surface area contributed by atoms with E-state index in [1.165, 1.54) is 25.2 Å². The summed E-state index contributed by atoms with van der Waals surface area (Å²) < 4.78 is 19.9. The van der Waals surface area contributed by atoms with Gasteiger partial charge in [-0.2, -0.15) is 0 Å². The average molecular weight is 394 g/mol. The minimum Gasteiger partial charge on any atom is -0.483 e. The van der Waals surface area contributed by atoms with Crippen LogP contribution in [0.2, 0.25) is 5.02 Å². The Labute approximate surface area is 161 Å². The van der Waals surface area contributed by atoms with Crippen molar-refractivity contribution < 1.29 is 18.7 Å². The number of aromatic nitrogens is 1. The van der Waals surface area contributed by atoms with Gasteiger partial charge in [0.1, 0.15) is 23.3 Å². The van der Waals surface area contributed by atoms with E-state index in [2.05, 4.69) is 15.6 Å². The quantitative estimate of drug-likeness (QED) is 0.701. The van der Waals surface area contributed by atoms with Crippen molar-refractivity contribution in [3.63, 3.8) is 0 Å². The number of benzene rings is 1. The van der Waals surface area contributed by atoms with Gasteiger partial charge >= 0.3 is 0 Å². The van der Waals surface area contributed by atoms with Crippen LogP contribution in [0, 0.1) is 5.82 Å². The van der Waals surface area contributed by atoms with Crippen LogP contribution in [0.3, 0.4) is 0 Å². The first-order valence-electron chi connectivity index (χ1n) is 8.76. The lowest BCUT2D eigenvalue weighted by atomic mass is 9.93. The third kappa shape index (κ3) is 4.24. The number of ether oxygens (including phenoxy) is 1. The van der Waals surface area contributed by atoms with E-state index in [4.69, 9.17) is 16.3 Å². The van der Waals surface area contributed by atoms with Crippen molar-refractivity contribution >= 4 is 23.4 Å². The summed E-state index contributed by atoms with van der Waals surface area (Å²) >= 11 is 5.78.